The minimum Gasteiger partial charge on any atom is -0.464 e. The number of aromatic nitrogens is 2. The Labute approximate surface area is 155 Å². The lowest BCUT2D eigenvalue weighted by Crippen LogP contribution is -2.28. The van der Waals surface area contributed by atoms with Crippen molar-refractivity contribution in [2.75, 3.05) is 12.4 Å². The molecule has 3 rings (SSSR count). The Kier molecular flexibility index (Phi) is 5.16. The first-order valence-electron chi connectivity index (χ1n) is 8.20. The second-order valence-corrected chi connectivity index (χ2v) is 5.81. The van der Waals surface area contributed by atoms with E-state index in [-0.39, 0.29) is 5.91 Å². The van der Waals surface area contributed by atoms with Crippen LogP contribution in [0.4, 0.5) is 5.82 Å². The van der Waals surface area contributed by atoms with Crippen molar-refractivity contribution >= 4 is 40.5 Å². The van der Waals surface area contributed by atoms with Gasteiger partial charge in [-0.3, -0.25) is 19.3 Å². The average Bonchev–Trinajstić information content (AvgIpc) is 3.27. The van der Waals surface area contributed by atoms with E-state index in [0.29, 0.717) is 29.2 Å². The molecule has 0 spiro atoms. The average molecular weight is 365 g/mol. The summed E-state index contributed by atoms with van der Waals surface area (Å²) < 4.78 is 6.88. The topological polar surface area (TPSA) is 102 Å². The van der Waals surface area contributed by atoms with Crippen LogP contribution in [0.2, 0.25) is 0 Å². The van der Waals surface area contributed by atoms with E-state index in [4.69, 9.17) is 4.42 Å². The molecule has 0 aliphatic carbocycles. The SMILES string of the molecule is CN=C(C)NC(=O)c1cnn(C)c1N/C(=C\C=O)c1ccc2occc2c1. The van der Waals surface area contributed by atoms with Gasteiger partial charge in [0.2, 0.25) is 0 Å². The smallest absolute Gasteiger partial charge is 0.261 e. The Balaban J connectivity index is 1.96. The number of nitrogens with zero attached hydrogens (tertiary/aromatic N) is 3. The fourth-order valence-electron chi connectivity index (χ4n) is 2.58. The number of carbonyl (C=O) groups is 2. The maximum atomic E-state index is 12.5. The Morgan fingerprint density at radius 3 is 2.89 bits per heavy atom. The summed E-state index contributed by atoms with van der Waals surface area (Å²) >= 11 is 0. The summed E-state index contributed by atoms with van der Waals surface area (Å²) in [5.41, 5.74) is 2.39. The van der Waals surface area contributed by atoms with Crippen LogP contribution in [0, 0.1) is 0 Å². The monoisotopic (exact) mass is 365 g/mol. The van der Waals surface area contributed by atoms with Crippen molar-refractivity contribution in [3.63, 3.8) is 0 Å². The quantitative estimate of drug-likeness (QED) is 0.313. The summed E-state index contributed by atoms with van der Waals surface area (Å²) in [5.74, 6) is 0.602. The molecule has 2 heterocycles. The van der Waals surface area contributed by atoms with Crippen LogP contribution in [-0.2, 0) is 11.8 Å². The number of benzene rings is 1. The van der Waals surface area contributed by atoms with Gasteiger partial charge in [0, 0.05) is 25.6 Å². The minimum atomic E-state index is -0.343. The van der Waals surface area contributed by atoms with E-state index in [1.54, 1.807) is 27.3 Å². The van der Waals surface area contributed by atoms with Gasteiger partial charge in [0.15, 0.2) is 0 Å². The summed E-state index contributed by atoms with van der Waals surface area (Å²) in [7, 11) is 3.30. The molecule has 0 aliphatic rings. The van der Waals surface area contributed by atoms with E-state index in [1.807, 2.05) is 24.3 Å². The Hall–Kier alpha value is -3.68. The Morgan fingerprint density at radius 1 is 1.33 bits per heavy atom. The zero-order valence-corrected chi connectivity index (χ0v) is 15.2. The van der Waals surface area contributed by atoms with Crippen molar-refractivity contribution in [1.29, 1.82) is 0 Å². The third-order valence-corrected chi connectivity index (χ3v) is 4.06. The molecular weight excluding hydrogens is 346 g/mol. The lowest BCUT2D eigenvalue weighted by atomic mass is 10.1. The fourth-order valence-corrected chi connectivity index (χ4v) is 2.58. The van der Waals surface area contributed by atoms with Crippen LogP contribution in [0.3, 0.4) is 0 Å². The summed E-state index contributed by atoms with van der Waals surface area (Å²) in [6.45, 7) is 1.69. The largest absolute Gasteiger partial charge is 0.464 e. The number of nitrogens with one attached hydrogen (secondary N) is 2. The molecule has 0 aliphatic heterocycles. The van der Waals surface area contributed by atoms with E-state index in [9.17, 15) is 9.59 Å². The van der Waals surface area contributed by atoms with Gasteiger partial charge in [-0.15, -0.1) is 0 Å². The van der Waals surface area contributed by atoms with E-state index in [1.165, 1.54) is 17.0 Å². The second-order valence-electron chi connectivity index (χ2n) is 5.81. The molecule has 0 fully saturated rings. The van der Waals surface area contributed by atoms with Gasteiger partial charge in [-0.2, -0.15) is 5.10 Å². The Bertz CT molecular complexity index is 1060. The van der Waals surface area contributed by atoms with E-state index >= 15 is 0 Å². The molecule has 1 aromatic carbocycles. The van der Waals surface area contributed by atoms with Crippen molar-refractivity contribution < 1.29 is 14.0 Å². The molecule has 0 bridgehead atoms. The van der Waals surface area contributed by atoms with E-state index < -0.39 is 0 Å². The first kappa shape index (κ1) is 18.1. The zero-order valence-electron chi connectivity index (χ0n) is 15.2. The highest BCUT2D eigenvalue weighted by molar-refractivity contribution is 6.09. The number of hydrogen-bond donors (Lipinski definition) is 2. The number of furan rings is 1. The minimum absolute atomic E-state index is 0.335. The predicted molar refractivity (Wildman–Crippen MR) is 104 cm³/mol. The van der Waals surface area contributed by atoms with E-state index in [0.717, 1.165) is 16.5 Å². The van der Waals surface area contributed by atoms with Gasteiger partial charge in [-0.05, 0) is 36.8 Å². The molecule has 2 N–H and O–H groups in total. The second kappa shape index (κ2) is 7.69. The van der Waals surface area contributed by atoms with Crippen molar-refractivity contribution in [3.8, 4) is 0 Å². The summed E-state index contributed by atoms with van der Waals surface area (Å²) in [6, 6.07) is 7.39. The zero-order chi connectivity index (χ0) is 19.4. The number of aryl methyl sites for hydroxylation is 1. The molecular formula is C19H19N5O3. The molecule has 0 unspecified atom stereocenters. The van der Waals surface area contributed by atoms with Gasteiger partial charge in [0.05, 0.1) is 24.0 Å². The first-order chi connectivity index (χ1) is 13.0. The number of amides is 1. The third kappa shape index (κ3) is 3.79. The molecule has 1 amide bonds. The van der Waals surface area contributed by atoms with Crippen LogP contribution in [0.25, 0.3) is 16.7 Å². The van der Waals surface area contributed by atoms with Crippen molar-refractivity contribution in [2.45, 2.75) is 6.92 Å². The molecule has 0 radical (unpaired) electrons. The molecule has 3 aromatic rings. The molecule has 0 saturated carbocycles. The fraction of sp³-hybridized carbons (Fsp3) is 0.158. The van der Waals surface area contributed by atoms with Crippen molar-refractivity contribution in [1.82, 2.24) is 15.1 Å². The standard InChI is InChI=1S/C19H19N5O3/c1-12(20-2)22-19(26)15-11-21-24(3)18(15)23-16(6-8-25)13-4-5-17-14(10-13)7-9-27-17/h4-11,23H,1-3H3,(H,20,22,26)/b16-6-. The molecule has 8 heteroatoms. The van der Waals surface area contributed by atoms with Crippen LogP contribution in [0.5, 0.6) is 0 Å². The highest BCUT2D eigenvalue weighted by atomic mass is 16.3. The number of hydrogen-bond acceptors (Lipinski definition) is 6. The maximum Gasteiger partial charge on any atom is 0.261 e. The third-order valence-electron chi connectivity index (χ3n) is 4.06. The van der Waals surface area contributed by atoms with Crippen LogP contribution in [0.1, 0.15) is 22.8 Å². The number of amidine groups is 1. The number of carbonyl (C=O) groups excluding carboxylic acids is 2. The van der Waals surface area contributed by atoms with Gasteiger partial charge in [0.25, 0.3) is 5.91 Å². The van der Waals surface area contributed by atoms with Crippen LogP contribution >= 0.6 is 0 Å². The van der Waals surface area contributed by atoms with Gasteiger partial charge < -0.3 is 15.1 Å². The molecule has 2 aromatic heterocycles. The number of aliphatic imine (C=N–C) groups is 1. The molecule has 138 valence electrons. The maximum absolute atomic E-state index is 12.5. The van der Waals surface area contributed by atoms with E-state index in [2.05, 4.69) is 20.7 Å². The number of rotatable bonds is 5. The highest BCUT2D eigenvalue weighted by Crippen LogP contribution is 2.25. The number of allylic oxidation sites excluding steroid dienone is 1. The lowest BCUT2D eigenvalue weighted by molar-refractivity contribution is -0.104. The lowest BCUT2D eigenvalue weighted by Gasteiger charge is -2.13. The van der Waals surface area contributed by atoms with Gasteiger partial charge in [-0.25, -0.2) is 0 Å². The number of anilines is 1. The summed E-state index contributed by atoms with van der Waals surface area (Å²) in [4.78, 5) is 27.6. The predicted octanol–water partition coefficient (Wildman–Crippen LogP) is 2.60. The van der Waals surface area contributed by atoms with Gasteiger partial charge in [0.1, 0.15) is 23.3 Å². The normalized spacial score (nSPS) is 12.3. The highest BCUT2D eigenvalue weighted by Gasteiger charge is 2.18. The van der Waals surface area contributed by atoms with Crippen LogP contribution < -0.4 is 10.6 Å². The van der Waals surface area contributed by atoms with Crippen LogP contribution in [0.15, 0.2) is 52.2 Å². The Morgan fingerprint density at radius 2 is 2.15 bits per heavy atom. The number of fused-ring (bicyclic) bond motifs is 1. The molecule has 0 saturated heterocycles. The van der Waals surface area contributed by atoms with Crippen molar-refractivity contribution in [3.05, 3.63) is 53.9 Å². The molecule has 27 heavy (non-hydrogen) atoms. The first-order valence-corrected chi connectivity index (χ1v) is 8.20. The van der Waals surface area contributed by atoms with Crippen molar-refractivity contribution in [2.24, 2.45) is 12.0 Å². The van der Waals surface area contributed by atoms with Gasteiger partial charge >= 0.3 is 0 Å². The molecule has 0 atom stereocenters. The van der Waals surface area contributed by atoms with Gasteiger partial charge in [-0.1, -0.05) is 0 Å². The van der Waals surface area contributed by atoms with Crippen LogP contribution in [-0.4, -0.2) is 34.9 Å². The summed E-state index contributed by atoms with van der Waals surface area (Å²) in [5, 5.41) is 10.9. The number of aldehydes is 1. The summed E-state index contributed by atoms with van der Waals surface area (Å²) in [6.07, 6.45) is 5.14. The molecule has 8 nitrogen and oxygen atoms in total.